The van der Waals surface area contributed by atoms with Gasteiger partial charge in [0, 0.05) is 21.8 Å². The van der Waals surface area contributed by atoms with Gasteiger partial charge >= 0.3 is 7.12 Å². The molecular formula is C7H9BBrNO2. The average molecular weight is 230 g/mol. The number of aromatic nitrogens is 1. The van der Waals surface area contributed by atoms with Crippen molar-refractivity contribution >= 4 is 28.5 Å². The van der Waals surface area contributed by atoms with Crippen molar-refractivity contribution in [2.75, 3.05) is 0 Å². The quantitative estimate of drug-likeness (QED) is 0.707. The number of aryl methyl sites for hydroxylation is 1. The van der Waals surface area contributed by atoms with Crippen LogP contribution in [0.1, 0.15) is 12.6 Å². The summed E-state index contributed by atoms with van der Waals surface area (Å²) in [6, 6.07) is 1.66. The van der Waals surface area contributed by atoms with Crippen LogP contribution in [0.4, 0.5) is 0 Å². The van der Waals surface area contributed by atoms with E-state index in [9.17, 15) is 0 Å². The van der Waals surface area contributed by atoms with Gasteiger partial charge in [-0.15, -0.1) is 0 Å². The Balaban J connectivity index is 3.12. The van der Waals surface area contributed by atoms with E-state index >= 15 is 0 Å². The van der Waals surface area contributed by atoms with Gasteiger partial charge in [-0.3, -0.25) is 4.98 Å². The van der Waals surface area contributed by atoms with Crippen molar-refractivity contribution in [2.24, 2.45) is 0 Å². The Bertz CT molecular complexity index is 280. The first-order valence-electron chi connectivity index (χ1n) is 3.65. The maximum Gasteiger partial charge on any atom is 0.490 e. The summed E-state index contributed by atoms with van der Waals surface area (Å²) in [7, 11) is -1.44. The van der Waals surface area contributed by atoms with E-state index in [1.54, 1.807) is 12.3 Å². The predicted octanol–water partition coefficient (Wildman–Crippen LogP) is 0.0863. The van der Waals surface area contributed by atoms with Gasteiger partial charge in [0.2, 0.25) is 0 Å². The van der Waals surface area contributed by atoms with E-state index in [-0.39, 0.29) is 0 Å². The van der Waals surface area contributed by atoms with E-state index in [1.165, 1.54) is 0 Å². The molecule has 0 saturated heterocycles. The maximum absolute atomic E-state index is 8.95. The van der Waals surface area contributed by atoms with Crippen LogP contribution in [0.25, 0.3) is 0 Å². The summed E-state index contributed by atoms with van der Waals surface area (Å²) < 4.78 is 0.753. The molecule has 64 valence electrons. The number of pyridine rings is 1. The Morgan fingerprint density at radius 1 is 1.58 bits per heavy atom. The fraction of sp³-hybridized carbons (Fsp3) is 0.286. The molecule has 0 saturated carbocycles. The molecule has 12 heavy (non-hydrogen) atoms. The van der Waals surface area contributed by atoms with Crippen molar-refractivity contribution in [3.63, 3.8) is 0 Å². The lowest BCUT2D eigenvalue weighted by Gasteiger charge is -2.05. The smallest absolute Gasteiger partial charge is 0.423 e. The molecule has 1 heterocycles. The van der Waals surface area contributed by atoms with Crippen LogP contribution >= 0.6 is 15.9 Å². The second kappa shape index (κ2) is 4.02. The Labute approximate surface area is 79.7 Å². The van der Waals surface area contributed by atoms with Crippen LogP contribution in [0, 0.1) is 0 Å². The highest BCUT2D eigenvalue weighted by atomic mass is 79.9. The van der Waals surface area contributed by atoms with E-state index < -0.39 is 7.12 Å². The molecule has 0 amide bonds. The fourth-order valence-corrected chi connectivity index (χ4v) is 1.35. The van der Waals surface area contributed by atoms with Gasteiger partial charge in [-0.05, 0) is 28.4 Å². The highest BCUT2D eigenvalue weighted by Crippen LogP contribution is 2.06. The lowest BCUT2D eigenvalue weighted by Crippen LogP contribution is -2.33. The number of rotatable bonds is 2. The normalized spacial score (nSPS) is 10.0. The molecule has 0 bridgehead atoms. The second-order valence-electron chi connectivity index (χ2n) is 2.42. The van der Waals surface area contributed by atoms with Crippen LogP contribution in [-0.4, -0.2) is 22.2 Å². The number of halogens is 1. The molecule has 1 aromatic rings. The van der Waals surface area contributed by atoms with Gasteiger partial charge in [0.25, 0.3) is 0 Å². The van der Waals surface area contributed by atoms with Crippen LogP contribution in [0.3, 0.4) is 0 Å². The molecule has 1 rings (SSSR count). The summed E-state index contributed by atoms with van der Waals surface area (Å²) in [5.74, 6) is 0. The summed E-state index contributed by atoms with van der Waals surface area (Å²) in [6.07, 6.45) is 2.34. The van der Waals surface area contributed by atoms with E-state index in [1.807, 2.05) is 6.92 Å². The minimum Gasteiger partial charge on any atom is -0.423 e. The molecule has 0 unspecified atom stereocenters. The molecule has 0 radical (unpaired) electrons. The number of hydrogen-bond donors (Lipinski definition) is 2. The zero-order valence-electron chi connectivity index (χ0n) is 6.66. The average Bonchev–Trinajstić information content (AvgIpc) is 2.04. The zero-order chi connectivity index (χ0) is 9.14. The summed E-state index contributed by atoms with van der Waals surface area (Å²) in [5, 5.41) is 17.9. The lowest BCUT2D eigenvalue weighted by atomic mass is 9.78. The Kier molecular flexibility index (Phi) is 3.25. The molecule has 0 fully saturated rings. The monoisotopic (exact) mass is 229 g/mol. The first kappa shape index (κ1) is 9.70. The zero-order valence-corrected chi connectivity index (χ0v) is 8.24. The molecule has 0 atom stereocenters. The van der Waals surface area contributed by atoms with Crippen LogP contribution in [0.5, 0.6) is 0 Å². The van der Waals surface area contributed by atoms with Crippen molar-refractivity contribution in [1.29, 1.82) is 0 Å². The third-order valence-corrected chi connectivity index (χ3v) is 2.02. The Morgan fingerprint density at radius 3 is 2.75 bits per heavy atom. The molecule has 0 aliphatic rings. The molecule has 1 aromatic heterocycles. The second-order valence-corrected chi connectivity index (χ2v) is 3.33. The van der Waals surface area contributed by atoms with Crippen LogP contribution in [0.15, 0.2) is 16.7 Å². The highest BCUT2D eigenvalue weighted by molar-refractivity contribution is 9.10. The first-order valence-corrected chi connectivity index (χ1v) is 4.45. The van der Waals surface area contributed by atoms with Crippen molar-refractivity contribution < 1.29 is 10.0 Å². The SMILES string of the molecule is CCc1ncc(Br)cc1B(O)O. The minimum atomic E-state index is -1.44. The molecule has 0 aromatic carbocycles. The number of nitrogens with zero attached hydrogens (tertiary/aromatic N) is 1. The number of hydrogen-bond acceptors (Lipinski definition) is 3. The van der Waals surface area contributed by atoms with Crippen LogP contribution in [-0.2, 0) is 6.42 Å². The highest BCUT2D eigenvalue weighted by Gasteiger charge is 2.15. The largest absolute Gasteiger partial charge is 0.490 e. The van der Waals surface area contributed by atoms with E-state index in [0.29, 0.717) is 17.6 Å². The standard InChI is InChI=1S/C7H9BBrNO2/c1-2-7-6(8(11)12)3-5(9)4-10-7/h3-4,11-12H,2H2,1H3. The van der Waals surface area contributed by atoms with Crippen molar-refractivity contribution in [3.05, 3.63) is 22.4 Å². The van der Waals surface area contributed by atoms with Gasteiger partial charge in [0.1, 0.15) is 0 Å². The van der Waals surface area contributed by atoms with Crippen molar-refractivity contribution in [2.45, 2.75) is 13.3 Å². The topological polar surface area (TPSA) is 53.4 Å². The maximum atomic E-state index is 8.95. The van der Waals surface area contributed by atoms with Gasteiger partial charge < -0.3 is 10.0 Å². The molecule has 0 aliphatic carbocycles. The van der Waals surface area contributed by atoms with Crippen LogP contribution in [0.2, 0.25) is 0 Å². The van der Waals surface area contributed by atoms with Gasteiger partial charge in [0.15, 0.2) is 0 Å². The van der Waals surface area contributed by atoms with Crippen LogP contribution < -0.4 is 5.46 Å². The van der Waals surface area contributed by atoms with E-state index in [0.717, 1.165) is 4.47 Å². The first-order chi connectivity index (χ1) is 5.65. The lowest BCUT2D eigenvalue weighted by molar-refractivity contribution is 0.425. The predicted molar refractivity (Wildman–Crippen MR) is 51.1 cm³/mol. The third kappa shape index (κ3) is 2.06. The summed E-state index contributed by atoms with van der Waals surface area (Å²) in [6.45, 7) is 1.92. The third-order valence-electron chi connectivity index (χ3n) is 1.58. The minimum absolute atomic E-state index is 0.465. The molecule has 0 aliphatic heterocycles. The molecule has 5 heteroatoms. The van der Waals surface area contributed by atoms with Gasteiger partial charge in [-0.1, -0.05) is 6.92 Å². The molecule has 3 nitrogen and oxygen atoms in total. The van der Waals surface area contributed by atoms with Gasteiger partial charge in [-0.25, -0.2) is 0 Å². The Morgan fingerprint density at radius 2 is 2.25 bits per heavy atom. The van der Waals surface area contributed by atoms with E-state index in [4.69, 9.17) is 10.0 Å². The van der Waals surface area contributed by atoms with Crippen molar-refractivity contribution in [3.8, 4) is 0 Å². The summed E-state index contributed by atoms with van der Waals surface area (Å²) in [4.78, 5) is 4.05. The van der Waals surface area contributed by atoms with Gasteiger partial charge in [0.05, 0.1) is 0 Å². The van der Waals surface area contributed by atoms with Gasteiger partial charge in [-0.2, -0.15) is 0 Å². The van der Waals surface area contributed by atoms with Crippen molar-refractivity contribution in [1.82, 2.24) is 4.98 Å². The molecular weight excluding hydrogens is 221 g/mol. The summed E-state index contributed by atoms with van der Waals surface area (Å²) in [5.41, 5.74) is 1.18. The molecule has 0 spiro atoms. The Hall–Kier alpha value is -0.385. The molecule has 2 N–H and O–H groups in total. The van der Waals surface area contributed by atoms with E-state index in [2.05, 4.69) is 20.9 Å². The fourth-order valence-electron chi connectivity index (χ4n) is 1.00. The summed E-state index contributed by atoms with van der Waals surface area (Å²) >= 11 is 3.21.